The van der Waals surface area contributed by atoms with Crippen molar-refractivity contribution in [2.24, 2.45) is 5.92 Å². The molecule has 4 nitrogen and oxygen atoms in total. The van der Waals surface area contributed by atoms with Gasteiger partial charge < -0.3 is 14.8 Å². The van der Waals surface area contributed by atoms with Gasteiger partial charge in [0.2, 0.25) is 0 Å². The molecule has 1 heterocycles. The van der Waals surface area contributed by atoms with E-state index in [4.69, 9.17) is 9.47 Å². The predicted molar refractivity (Wildman–Crippen MR) is 78.7 cm³/mol. The van der Waals surface area contributed by atoms with Crippen LogP contribution in [0.2, 0.25) is 0 Å². The molecular weight excluding hydrogens is 254 g/mol. The Hall–Kier alpha value is -1.55. The van der Waals surface area contributed by atoms with Gasteiger partial charge in [-0.15, -0.1) is 0 Å². The van der Waals surface area contributed by atoms with E-state index >= 15 is 0 Å². The first kappa shape index (κ1) is 14.9. The molecule has 110 valence electrons. The van der Waals surface area contributed by atoms with E-state index in [2.05, 4.69) is 5.32 Å². The lowest BCUT2D eigenvalue weighted by Gasteiger charge is -2.22. The van der Waals surface area contributed by atoms with E-state index < -0.39 is 0 Å². The summed E-state index contributed by atoms with van der Waals surface area (Å²) >= 11 is 0. The summed E-state index contributed by atoms with van der Waals surface area (Å²) in [5.74, 6) is 2.16. The van der Waals surface area contributed by atoms with Gasteiger partial charge in [-0.3, -0.25) is 4.79 Å². The van der Waals surface area contributed by atoms with Gasteiger partial charge in [-0.2, -0.15) is 0 Å². The average molecular weight is 277 g/mol. The van der Waals surface area contributed by atoms with Gasteiger partial charge in [-0.1, -0.05) is 0 Å². The number of carbonyl (C=O) groups excluding carboxylic acids is 1. The number of ether oxygens (including phenoxy) is 2. The fourth-order valence-electron chi connectivity index (χ4n) is 2.62. The van der Waals surface area contributed by atoms with Crippen molar-refractivity contribution in [2.75, 3.05) is 27.3 Å². The van der Waals surface area contributed by atoms with Gasteiger partial charge in [0.05, 0.1) is 14.2 Å². The zero-order valence-corrected chi connectivity index (χ0v) is 12.3. The summed E-state index contributed by atoms with van der Waals surface area (Å²) in [7, 11) is 3.19. The molecule has 1 aliphatic rings. The average Bonchev–Trinajstić information content (AvgIpc) is 2.52. The number of rotatable bonds is 6. The molecule has 1 aromatic carbocycles. The van der Waals surface area contributed by atoms with E-state index in [1.54, 1.807) is 32.4 Å². The number of nitrogens with one attached hydrogen (secondary N) is 1. The minimum absolute atomic E-state index is 0.167. The lowest BCUT2D eigenvalue weighted by molar-refractivity contribution is 0.0970. The van der Waals surface area contributed by atoms with Crippen LogP contribution in [0, 0.1) is 5.92 Å². The number of benzene rings is 1. The predicted octanol–water partition coefficient (Wildman–Crippen LogP) is 2.67. The minimum atomic E-state index is 0.167. The molecule has 1 saturated heterocycles. The van der Waals surface area contributed by atoms with E-state index in [1.165, 1.54) is 12.8 Å². The molecule has 4 heteroatoms. The number of ketones is 1. The molecule has 0 aromatic heterocycles. The highest BCUT2D eigenvalue weighted by Crippen LogP contribution is 2.25. The highest BCUT2D eigenvalue weighted by molar-refractivity contribution is 5.96. The number of methoxy groups -OCH3 is 2. The number of hydrogen-bond donors (Lipinski definition) is 1. The van der Waals surface area contributed by atoms with Crippen molar-refractivity contribution < 1.29 is 14.3 Å². The standard InChI is InChI=1S/C16H23NO3/c1-19-14-9-13(10-15(11-14)20-2)16(18)4-3-12-5-7-17-8-6-12/h9-12,17H,3-8H2,1-2H3. The molecule has 1 aromatic rings. The summed E-state index contributed by atoms with van der Waals surface area (Å²) in [6.45, 7) is 2.15. The summed E-state index contributed by atoms with van der Waals surface area (Å²) in [5, 5.41) is 3.35. The van der Waals surface area contributed by atoms with E-state index in [-0.39, 0.29) is 5.78 Å². The van der Waals surface area contributed by atoms with Crippen LogP contribution in [0.4, 0.5) is 0 Å². The molecule has 1 fully saturated rings. The molecule has 0 bridgehead atoms. The maximum atomic E-state index is 12.3. The Kier molecular flexibility index (Phi) is 5.41. The van der Waals surface area contributed by atoms with Crippen LogP contribution in [-0.2, 0) is 0 Å². The summed E-state index contributed by atoms with van der Waals surface area (Å²) in [6.07, 6.45) is 3.92. The SMILES string of the molecule is COc1cc(OC)cc(C(=O)CCC2CCNCC2)c1. The highest BCUT2D eigenvalue weighted by atomic mass is 16.5. The number of Topliss-reactive ketones (excluding diaryl/α,β-unsaturated/α-hetero) is 1. The van der Waals surface area contributed by atoms with Crippen molar-refractivity contribution in [1.82, 2.24) is 5.32 Å². The van der Waals surface area contributed by atoms with Crippen molar-refractivity contribution in [3.8, 4) is 11.5 Å². The van der Waals surface area contributed by atoms with E-state index in [1.807, 2.05) is 0 Å². The fourth-order valence-corrected chi connectivity index (χ4v) is 2.62. The second-order valence-electron chi connectivity index (χ2n) is 5.26. The third-order valence-corrected chi connectivity index (χ3v) is 3.91. The molecule has 20 heavy (non-hydrogen) atoms. The minimum Gasteiger partial charge on any atom is -0.497 e. The van der Waals surface area contributed by atoms with Crippen LogP contribution in [0.1, 0.15) is 36.0 Å². The molecule has 0 spiro atoms. The lowest BCUT2D eigenvalue weighted by atomic mass is 9.91. The Labute approximate surface area is 120 Å². The number of piperidine rings is 1. The largest absolute Gasteiger partial charge is 0.497 e. The maximum absolute atomic E-state index is 12.3. The molecule has 2 rings (SSSR count). The van der Waals surface area contributed by atoms with Crippen LogP contribution in [-0.4, -0.2) is 33.1 Å². The molecule has 0 radical (unpaired) electrons. The Morgan fingerprint density at radius 3 is 2.30 bits per heavy atom. The second-order valence-corrected chi connectivity index (χ2v) is 5.26. The van der Waals surface area contributed by atoms with Gasteiger partial charge in [0.15, 0.2) is 5.78 Å². The first-order valence-corrected chi connectivity index (χ1v) is 7.20. The summed E-state index contributed by atoms with van der Waals surface area (Å²) in [6, 6.07) is 5.35. The van der Waals surface area contributed by atoms with Crippen LogP contribution < -0.4 is 14.8 Å². The molecule has 1 aliphatic heterocycles. The molecule has 0 unspecified atom stereocenters. The summed E-state index contributed by atoms with van der Waals surface area (Å²) in [4.78, 5) is 12.3. The van der Waals surface area contributed by atoms with Gasteiger partial charge in [-0.05, 0) is 50.4 Å². The second kappa shape index (κ2) is 7.29. The van der Waals surface area contributed by atoms with Crippen LogP contribution in [0.15, 0.2) is 18.2 Å². The molecule has 1 N–H and O–H groups in total. The third kappa shape index (κ3) is 3.97. The van der Waals surface area contributed by atoms with Gasteiger partial charge in [0.25, 0.3) is 0 Å². The number of carbonyl (C=O) groups is 1. The Morgan fingerprint density at radius 1 is 1.15 bits per heavy atom. The first-order chi connectivity index (χ1) is 9.72. The quantitative estimate of drug-likeness (QED) is 0.812. The van der Waals surface area contributed by atoms with E-state index in [0.29, 0.717) is 29.4 Å². The van der Waals surface area contributed by atoms with Gasteiger partial charge in [0.1, 0.15) is 11.5 Å². The number of hydrogen-bond acceptors (Lipinski definition) is 4. The van der Waals surface area contributed by atoms with Crippen LogP contribution in [0.25, 0.3) is 0 Å². The smallest absolute Gasteiger partial charge is 0.163 e. The zero-order chi connectivity index (χ0) is 14.4. The van der Waals surface area contributed by atoms with Crippen LogP contribution in [0.5, 0.6) is 11.5 Å². The van der Waals surface area contributed by atoms with Gasteiger partial charge >= 0.3 is 0 Å². The Bertz CT molecular complexity index is 431. The van der Waals surface area contributed by atoms with Gasteiger partial charge in [-0.25, -0.2) is 0 Å². The maximum Gasteiger partial charge on any atom is 0.163 e. The topological polar surface area (TPSA) is 47.6 Å². The summed E-state index contributed by atoms with van der Waals surface area (Å²) < 4.78 is 10.4. The molecular formula is C16H23NO3. The van der Waals surface area contributed by atoms with Crippen molar-refractivity contribution in [2.45, 2.75) is 25.7 Å². The fraction of sp³-hybridized carbons (Fsp3) is 0.562. The van der Waals surface area contributed by atoms with E-state index in [0.717, 1.165) is 19.5 Å². The van der Waals surface area contributed by atoms with E-state index in [9.17, 15) is 4.79 Å². The van der Waals surface area contributed by atoms with Gasteiger partial charge in [0, 0.05) is 18.1 Å². The molecule has 0 aliphatic carbocycles. The summed E-state index contributed by atoms with van der Waals surface area (Å²) in [5.41, 5.74) is 0.676. The normalized spacial score (nSPS) is 15.9. The van der Waals surface area contributed by atoms with Crippen molar-refractivity contribution in [3.05, 3.63) is 23.8 Å². The Balaban J connectivity index is 1.97. The molecule has 0 amide bonds. The Morgan fingerprint density at radius 2 is 1.75 bits per heavy atom. The van der Waals surface area contributed by atoms with Crippen LogP contribution in [0.3, 0.4) is 0 Å². The molecule has 0 saturated carbocycles. The molecule has 0 atom stereocenters. The lowest BCUT2D eigenvalue weighted by Crippen LogP contribution is -2.28. The monoisotopic (exact) mass is 277 g/mol. The first-order valence-electron chi connectivity index (χ1n) is 7.20. The third-order valence-electron chi connectivity index (χ3n) is 3.91. The highest BCUT2D eigenvalue weighted by Gasteiger charge is 2.16. The van der Waals surface area contributed by atoms with Crippen molar-refractivity contribution in [1.29, 1.82) is 0 Å². The van der Waals surface area contributed by atoms with Crippen LogP contribution >= 0.6 is 0 Å². The zero-order valence-electron chi connectivity index (χ0n) is 12.3. The van der Waals surface area contributed by atoms with Crippen molar-refractivity contribution in [3.63, 3.8) is 0 Å². The van der Waals surface area contributed by atoms with Crippen molar-refractivity contribution >= 4 is 5.78 Å².